The fourth-order valence-electron chi connectivity index (χ4n) is 2.35. The van der Waals surface area contributed by atoms with E-state index in [0.717, 1.165) is 5.82 Å². The molecule has 2 heterocycles. The molecule has 1 amide bonds. The van der Waals surface area contributed by atoms with Crippen LogP contribution in [0.1, 0.15) is 30.6 Å². The average Bonchev–Trinajstić information content (AvgIpc) is 3.07. The highest BCUT2D eigenvalue weighted by molar-refractivity contribution is 5.97. The van der Waals surface area contributed by atoms with Gasteiger partial charge < -0.3 is 14.6 Å². The molecule has 21 heavy (non-hydrogen) atoms. The van der Waals surface area contributed by atoms with Gasteiger partial charge in [-0.1, -0.05) is 0 Å². The molecule has 0 atom stereocenters. The molecule has 1 N–H and O–H groups in total. The zero-order valence-corrected chi connectivity index (χ0v) is 12.7. The zero-order valence-electron chi connectivity index (χ0n) is 12.7. The van der Waals surface area contributed by atoms with Gasteiger partial charge in [0.05, 0.1) is 6.20 Å². The van der Waals surface area contributed by atoms with Crippen LogP contribution in [0.3, 0.4) is 0 Å². The topological polar surface area (TPSA) is 63.3 Å². The summed E-state index contributed by atoms with van der Waals surface area (Å²) in [6.45, 7) is 4.56. The Hall–Kier alpha value is -2.08. The lowest BCUT2D eigenvalue weighted by Crippen LogP contribution is -2.38. The first-order valence-corrected chi connectivity index (χ1v) is 7.13. The third kappa shape index (κ3) is 3.16. The quantitative estimate of drug-likeness (QED) is 0.875. The van der Waals surface area contributed by atoms with Crippen LogP contribution < -0.4 is 0 Å². The Kier molecular flexibility index (Phi) is 4.80. The van der Waals surface area contributed by atoms with Crippen molar-refractivity contribution in [2.24, 2.45) is 7.05 Å². The third-order valence-corrected chi connectivity index (χ3v) is 3.43. The summed E-state index contributed by atoms with van der Waals surface area (Å²) in [6.07, 6.45) is 5.96. The van der Waals surface area contributed by atoms with Crippen molar-refractivity contribution in [1.29, 1.82) is 0 Å². The van der Waals surface area contributed by atoms with Crippen LogP contribution in [0.25, 0.3) is 5.82 Å². The highest BCUT2D eigenvalue weighted by Gasteiger charge is 2.24. The van der Waals surface area contributed by atoms with Crippen LogP contribution in [0.5, 0.6) is 0 Å². The van der Waals surface area contributed by atoms with E-state index in [9.17, 15) is 4.79 Å². The second-order valence-electron chi connectivity index (χ2n) is 5.27. The second kappa shape index (κ2) is 6.58. The Morgan fingerprint density at radius 3 is 2.62 bits per heavy atom. The molecule has 0 fully saturated rings. The molecule has 0 unspecified atom stereocenters. The maximum Gasteiger partial charge on any atom is 0.259 e. The van der Waals surface area contributed by atoms with E-state index >= 15 is 0 Å². The van der Waals surface area contributed by atoms with Crippen molar-refractivity contribution in [2.45, 2.75) is 26.3 Å². The highest BCUT2D eigenvalue weighted by Crippen LogP contribution is 2.17. The molecule has 0 bridgehead atoms. The molecule has 0 spiro atoms. The van der Waals surface area contributed by atoms with Gasteiger partial charge in [-0.3, -0.25) is 9.48 Å². The van der Waals surface area contributed by atoms with Crippen LogP contribution >= 0.6 is 0 Å². The molecule has 114 valence electrons. The van der Waals surface area contributed by atoms with Crippen LogP contribution in [0.2, 0.25) is 0 Å². The first kappa shape index (κ1) is 15.3. The molecule has 0 aliphatic rings. The van der Waals surface area contributed by atoms with Gasteiger partial charge >= 0.3 is 0 Å². The molecule has 0 aliphatic heterocycles. The largest absolute Gasteiger partial charge is 0.396 e. The van der Waals surface area contributed by atoms with E-state index in [1.54, 1.807) is 15.8 Å². The number of aliphatic hydroxyl groups excluding tert-OH is 1. The Morgan fingerprint density at radius 1 is 1.38 bits per heavy atom. The summed E-state index contributed by atoms with van der Waals surface area (Å²) in [5, 5.41) is 13.2. The number of carbonyl (C=O) groups excluding carboxylic acids is 1. The van der Waals surface area contributed by atoms with Crippen molar-refractivity contribution < 1.29 is 9.90 Å². The fraction of sp³-hybridized carbons (Fsp3) is 0.467. The van der Waals surface area contributed by atoms with Gasteiger partial charge in [0.2, 0.25) is 0 Å². The van der Waals surface area contributed by atoms with E-state index in [1.165, 1.54) is 0 Å². The number of aryl methyl sites for hydroxylation is 1. The first-order valence-electron chi connectivity index (χ1n) is 7.13. The van der Waals surface area contributed by atoms with Crippen molar-refractivity contribution >= 4 is 5.91 Å². The molecule has 0 radical (unpaired) electrons. The summed E-state index contributed by atoms with van der Waals surface area (Å²) in [7, 11) is 1.82. The van der Waals surface area contributed by atoms with Gasteiger partial charge in [-0.15, -0.1) is 0 Å². The van der Waals surface area contributed by atoms with Crippen molar-refractivity contribution in [3.05, 3.63) is 36.3 Å². The summed E-state index contributed by atoms with van der Waals surface area (Å²) in [5.41, 5.74) is 0.570. The number of aliphatic hydroxyl groups is 1. The molecule has 0 saturated heterocycles. The SMILES string of the molecule is CC(C)N(CCCO)C(=O)c1cnn(C)c1-n1cccc1. The van der Waals surface area contributed by atoms with Gasteiger partial charge in [-0.2, -0.15) is 5.10 Å². The molecule has 0 aromatic carbocycles. The number of amides is 1. The Bertz CT molecular complexity index is 587. The molecular formula is C15H22N4O2. The van der Waals surface area contributed by atoms with E-state index in [-0.39, 0.29) is 18.6 Å². The summed E-state index contributed by atoms with van der Waals surface area (Å²) in [5.74, 6) is 0.690. The average molecular weight is 290 g/mol. The molecular weight excluding hydrogens is 268 g/mol. The number of hydrogen-bond donors (Lipinski definition) is 1. The standard InChI is InChI=1S/C15H22N4O2/c1-12(2)19(9-6-10-20)15(21)13-11-16-17(3)14(13)18-7-4-5-8-18/h4-5,7-8,11-12,20H,6,9-10H2,1-3H3. The van der Waals surface area contributed by atoms with Crippen molar-refractivity contribution in [3.63, 3.8) is 0 Å². The van der Waals surface area contributed by atoms with Crippen molar-refractivity contribution in [2.75, 3.05) is 13.2 Å². The molecule has 6 nitrogen and oxygen atoms in total. The van der Waals surface area contributed by atoms with Crippen LogP contribution in [0, 0.1) is 0 Å². The second-order valence-corrected chi connectivity index (χ2v) is 5.27. The maximum absolute atomic E-state index is 12.8. The Morgan fingerprint density at radius 2 is 2.05 bits per heavy atom. The smallest absolute Gasteiger partial charge is 0.259 e. The summed E-state index contributed by atoms with van der Waals surface area (Å²) >= 11 is 0. The fourth-order valence-corrected chi connectivity index (χ4v) is 2.35. The zero-order chi connectivity index (χ0) is 15.4. The van der Waals surface area contributed by atoms with E-state index in [4.69, 9.17) is 5.11 Å². The summed E-state index contributed by atoms with van der Waals surface area (Å²) in [4.78, 5) is 14.6. The van der Waals surface area contributed by atoms with Gasteiger partial charge in [-0.25, -0.2) is 0 Å². The maximum atomic E-state index is 12.8. The number of rotatable bonds is 6. The molecule has 2 rings (SSSR count). The number of carbonyl (C=O) groups is 1. The molecule has 2 aromatic heterocycles. The van der Waals surface area contributed by atoms with Crippen molar-refractivity contribution in [1.82, 2.24) is 19.2 Å². The lowest BCUT2D eigenvalue weighted by molar-refractivity contribution is 0.0693. The lowest BCUT2D eigenvalue weighted by atomic mass is 10.2. The monoisotopic (exact) mass is 290 g/mol. The van der Waals surface area contributed by atoms with E-state index < -0.39 is 0 Å². The van der Waals surface area contributed by atoms with E-state index in [0.29, 0.717) is 18.5 Å². The van der Waals surface area contributed by atoms with Crippen LogP contribution in [-0.2, 0) is 7.05 Å². The van der Waals surface area contributed by atoms with E-state index in [2.05, 4.69) is 5.10 Å². The van der Waals surface area contributed by atoms with Crippen LogP contribution in [-0.4, -0.2) is 49.5 Å². The summed E-state index contributed by atoms with van der Waals surface area (Å²) < 4.78 is 3.57. The van der Waals surface area contributed by atoms with E-state index in [1.807, 2.05) is 50.0 Å². The third-order valence-electron chi connectivity index (χ3n) is 3.43. The molecule has 0 aliphatic carbocycles. The highest BCUT2D eigenvalue weighted by atomic mass is 16.3. The van der Waals surface area contributed by atoms with Crippen LogP contribution in [0.15, 0.2) is 30.7 Å². The predicted octanol–water partition coefficient (Wildman–Crippen LogP) is 1.44. The van der Waals surface area contributed by atoms with Gasteiger partial charge in [-0.05, 0) is 32.4 Å². The molecule has 2 aromatic rings. The minimum atomic E-state index is -0.0600. The first-order chi connectivity index (χ1) is 10.1. The normalized spacial score (nSPS) is 11.1. The van der Waals surface area contributed by atoms with Gasteiger partial charge in [0, 0.05) is 38.6 Å². The Balaban J connectivity index is 2.35. The number of aromatic nitrogens is 3. The van der Waals surface area contributed by atoms with Crippen molar-refractivity contribution in [3.8, 4) is 5.82 Å². The van der Waals surface area contributed by atoms with Crippen LogP contribution in [0.4, 0.5) is 0 Å². The minimum absolute atomic E-state index is 0.0600. The minimum Gasteiger partial charge on any atom is -0.396 e. The van der Waals surface area contributed by atoms with Gasteiger partial charge in [0.25, 0.3) is 5.91 Å². The lowest BCUT2D eigenvalue weighted by Gasteiger charge is -2.26. The predicted molar refractivity (Wildman–Crippen MR) is 80.4 cm³/mol. The van der Waals surface area contributed by atoms with Gasteiger partial charge in [0.1, 0.15) is 11.4 Å². The molecule has 6 heteroatoms. The number of nitrogens with zero attached hydrogens (tertiary/aromatic N) is 4. The Labute approximate surface area is 124 Å². The summed E-state index contributed by atoms with van der Waals surface area (Å²) in [6, 6.07) is 3.89. The van der Waals surface area contributed by atoms with Gasteiger partial charge in [0.15, 0.2) is 0 Å². The molecule has 0 saturated carbocycles. The number of hydrogen-bond acceptors (Lipinski definition) is 3.